The van der Waals surface area contributed by atoms with Crippen LogP contribution in [0.4, 0.5) is 0 Å². The van der Waals surface area contributed by atoms with Crippen molar-refractivity contribution in [1.82, 2.24) is 0 Å². The number of hydrogen-bond acceptors (Lipinski definition) is 2. The average molecular weight is 641 g/mol. The summed E-state index contributed by atoms with van der Waals surface area (Å²) in [5.41, 5.74) is 0. The Morgan fingerprint density at radius 1 is 0.457 bits per heavy atom. The lowest BCUT2D eigenvalue weighted by molar-refractivity contribution is -0.150. The Kier molecular flexibility index (Phi) is 36.6. The smallest absolute Gasteiger partial charge is 0.306 e. The fourth-order valence-corrected chi connectivity index (χ4v) is 5.88. The number of hydrogen-bond donors (Lipinski definition) is 0. The Hall–Kier alpha value is -1.57. The molecule has 0 fully saturated rings. The first-order valence-electron chi connectivity index (χ1n) is 20.4. The second-order valence-corrected chi connectivity index (χ2v) is 14.1. The van der Waals surface area contributed by atoms with Gasteiger partial charge < -0.3 is 4.74 Å². The molecule has 0 aliphatic heterocycles. The lowest BCUT2D eigenvalue weighted by Gasteiger charge is -2.18. The average Bonchev–Trinajstić information content (AvgIpc) is 3.04. The molecule has 0 saturated carbocycles. The van der Waals surface area contributed by atoms with Gasteiger partial charge in [0.1, 0.15) is 6.10 Å². The second-order valence-electron chi connectivity index (χ2n) is 14.1. The van der Waals surface area contributed by atoms with Crippen LogP contribution in [0, 0.1) is 5.92 Å². The van der Waals surface area contributed by atoms with Gasteiger partial charge in [-0.1, -0.05) is 160 Å². The highest BCUT2D eigenvalue weighted by atomic mass is 16.5. The van der Waals surface area contributed by atoms with Crippen molar-refractivity contribution >= 4 is 5.97 Å². The van der Waals surface area contributed by atoms with Gasteiger partial charge in [0.15, 0.2) is 0 Å². The summed E-state index contributed by atoms with van der Waals surface area (Å²) in [5.74, 6) is 0.686. The Labute approximate surface area is 289 Å². The minimum absolute atomic E-state index is 0.0331. The third-order valence-electron chi connectivity index (χ3n) is 8.91. The van der Waals surface area contributed by atoms with E-state index in [4.69, 9.17) is 4.74 Å². The third kappa shape index (κ3) is 36.9. The Bertz CT molecular complexity index is 680. The van der Waals surface area contributed by atoms with Crippen LogP contribution in [0.15, 0.2) is 48.6 Å². The molecule has 268 valence electrons. The van der Waals surface area contributed by atoms with Crippen molar-refractivity contribution in [3.63, 3.8) is 0 Å². The van der Waals surface area contributed by atoms with E-state index in [0.29, 0.717) is 12.3 Å². The molecule has 0 aromatic carbocycles. The van der Waals surface area contributed by atoms with E-state index >= 15 is 0 Å². The van der Waals surface area contributed by atoms with Gasteiger partial charge in [-0.15, -0.1) is 0 Å². The monoisotopic (exact) mass is 641 g/mol. The summed E-state index contributed by atoms with van der Waals surface area (Å²) in [4.78, 5) is 12.5. The van der Waals surface area contributed by atoms with Crippen LogP contribution in [0.5, 0.6) is 0 Å². The molecule has 0 spiro atoms. The molecule has 0 aromatic rings. The SMILES string of the molecule is CCCCC/C=C\C/C=C\CCCCCCCCC(CCCCCCCC/C=C\C/C=C\CCCCC)OC(=O)CCCC(C)C. The van der Waals surface area contributed by atoms with Crippen molar-refractivity contribution in [1.29, 1.82) is 0 Å². The lowest BCUT2D eigenvalue weighted by atomic mass is 10.0. The number of ether oxygens (including phenoxy) is 1. The Morgan fingerprint density at radius 2 is 0.826 bits per heavy atom. The fraction of sp³-hybridized carbons (Fsp3) is 0.795. The van der Waals surface area contributed by atoms with Gasteiger partial charge in [0.05, 0.1) is 0 Å². The Morgan fingerprint density at radius 3 is 1.22 bits per heavy atom. The van der Waals surface area contributed by atoms with Gasteiger partial charge in [-0.05, 0) is 102 Å². The maximum absolute atomic E-state index is 12.5. The van der Waals surface area contributed by atoms with Gasteiger partial charge in [-0.3, -0.25) is 4.79 Å². The van der Waals surface area contributed by atoms with E-state index in [1.807, 2.05) is 0 Å². The molecule has 0 rings (SSSR count). The van der Waals surface area contributed by atoms with E-state index in [9.17, 15) is 4.79 Å². The normalized spacial score (nSPS) is 12.4. The van der Waals surface area contributed by atoms with Gasteiger partial charge in [0.2, 0.25) is 0 Å². The van der Waals surface area contributed by atoms with Gasteiger partial charge >= 0.3 is 5.97 Å². The molecule has 0 heterocycles. The number of esters is 1. The van der Waals surface area contributed by atoms with E-state index in [2.05, 4.69) is 76.3 Å². The number of unbranched alkanes of at least 4 members (excludes halogenated alkanes) is 18. The van der Waals surface area contributed by atoms with Crippen molar-refractivity contribution in [2.75, 3.05) is 0 Å². The second kappa shape index (κ2) is 37.9. The minimum Gasteiger partial charge on any atom is -0.462 e. The summed E-state index contributed by atoms with van der Waals surface area (Å²) >= 11 is 0. The molecule has 46 heavy (non-hydrogen) atoms. The van der Waals surface area contributed by atoms with Crippen LogP contribution in [-0.4, -0.2) is 12.1 Å². The van der Waals surface area contributed by atoms with Crippen molar-refractivity contribution in [2.45, 2.75) is 220 Å². The predicted octanol–water partition coefficient (Wildman–Crippen LogP) is 15.1. The van der Waals surface area contributed by atoms with Crippen molar-refractivity contribution in [2.24, 2.45) is 5.92 Å². The van der Waals surface area contributed by atoms with Gasteiger partial charge in [0.25, 0.3) is 0 Å². The van der Waals surface area contributed by atoms with Crippen LogP contribution >= 0.6 is 0 Å². The molecule has 0 aliphatic rings. The number of carbonyl (C=O) groups excluding carboxylic acids is 1. The summed E-state index contributed by atoms with van der Waals surface area (Å²) in [6.07, 6.45) is 54.1. The van der Waals surface area contributed by atoms with Gasteiger partial charge in [-0.2, -0.15) is 0 Å². The van der Waals surface area contributed by atoms with Crippen LogP contribution in [-0.2, 0) is 9.53 Å². The standard InChI is InChI=1S/C44H80O2/c1-5-7-9-11-13-15-17-19-21-23-25-27-29-31-33-35-39-43(46-44(45)41-37-38-42(3)4)40-36-34-32-30-28-26-24-22-20-18-16-14-12-10-8-6-2/h13-16,19-22,42-43H,5-12,17-18,23-41H2,1-4H3/b15-13-,16-14-,21-19-,22-20-. The van der Waals surface area contributed by atoms with E-state index in [1.54, 1.807) is 0 Å². The summed E-state index contributed by atoms with van der Waals surface area (Å²) < 4.78 is 6.02. The predicted molar refractivity (Wildman–Crippen MR) is 207 cm³/mol. The van der Waals surface area contributed by atoms with Crippen molar-refractivity contribution in [3.05, 3.63) is 48.6 Å². The molecular weight excluding hydrogens is 560 g/mol. The number of rotatable bonds is 35. The fourth-order valence-electron chi connectivity index (χ4n) is 5.88. The Balaban J connectivity index is 4.01. The number of allylic oxidation sites excluding steroid dienone is 8. The zero-order valence-corrected chi connectivity index (χ0v) is 31.6. The maximum Gasteiger partial charge on any atom is 0.306 e. The van der Waals surface area contributed by atoms with Crippen LogP contribution in [0.1, 0.15) is 214 Å². The largest absolute Gasteiger partial charge is 0.462 e. The molecule has 2 nitrogen and oxygen atoms in total. The highest BCUT2D eigenvalue weighted by molar-refractivity contribution is 5.69. The molecule has 0 amide bonds. The number of carbonyl (C=O) groups is 1. The molecular formula is C44H80O2. The molecule has 0 atom stereocenters. The van der Waals surface area contributed by atoms with E-state index in [0.717, 1.165) is 38.5 Å². The molecule has 2 heteroatoms. The topological polar surface area (TPSA) is 26.3 Å². The van der Waals surface area contributed by atoms with Crippen LogP contribution < -0.4 is 0 Å². The van der Waals surface area contributed by atoms with E-state index < -0.39 is 0 Å². The van der Waals surface area contributed by atoms with Crippen LogP contribution in [0.3, 0.4) is 0 Å². The van der Waals surface area contributed by atoms with Gasteiger partial charge in [-0.25, -0.2) is 0 Å². The van der Waals surface area contributed by atoms with Crippen LogP contribution in [0.2, 0.25) is 0 Å². The summed E-state index contributed by atoms with van der Waals surface area (Å²) in [6.45, 7) is 8.98. The summed E-state index contributed by atoms with van der Waals surface area (Å²) in [7, 11) is 0. The lowest BCUT2D eigenvalue weighted by Crippen LogP contribution is -2.18. The summed E-state index contributed by atoms with van der Waals surface area (Å²) in [5, 5.41) is 0. The first-order chi connectivity index (χ1) is 22.6. The quantitative estimate of drug-likeness (QED) is 0.0391. The van der Waals surface area contributed by atoms with E-state index in [1.165, 1.54) is 141 Å². The molecule has 0 aromatic heterocycles. The van der Waals surface area contributed by atoms with Crippen LogP contribution in [0.25, 0.3) is 0 Å². The molecule has 0 aliphatic carbocycles. The van der Waals surface area contributed by atoms with E-state index in [-0.39, 0.29) is 12.1 Å². The zero-order chi connectivity index (χ0) is 33.6. The van der Waals surface area contributed by atoms with Crippen molar-refractivity contribution in [3.8, 4) is 0 Å². The highest BCUT2D eigenvalue weighted by Crippen LogP contribution is 2.19. The van der Waals surface area contributed by atoms with Gasteiger partial charge in [0, 0.05) is 6.42 Å². The molecule has 0 N–H and O–H groups in total. The molecule has 0 saturated heterocycles. The molecule has 0 unspecified atom stereocenters. The molecule has 0 bridgehead atoms. The first-order valence-corrected chi connectivity index (χ1v) is 20.4. The molecule has 0 radical (unpaired) electrons. The highest BCUT2D eigenvalue weighted by Gasteiger charge is 2.14. The van der Waals surface area contributed by atoms with Crippen molar-refractivity contribution < 1.29 is 9.53 Å². The maximum atomic E-state index is 12.5. The first kappa shape index (κ1) is 44.4. The minimum atomic E-state index is 0.0331. The zero-order valence-electron chi connectivity index (χ0n) is 31.6. The summed E-state index contributed by atoms with van der Waals surface area (Å²) in [6, 6.07) is 0. The third-order valence-corrected chi connectivity index (χ3v) is 8.91.